The molecule has 7 nitrogen and oxygen atoms in total. The molecule has 0 aliphatic carbocycles. The molecule has 1 fully saturated rings. The lowest BCUT2D eigenvalue weighted by molar-refractivity contribution is -0.384. The fraction of sp³-hybridized carbons (Fsp3) is 0.412. The van der Waals surface area contributed by atoms with Crippen molar-refractivity contribution in [2.75, 3.05) is 13.2 Å². The Balaban J connectivity index is 1.85. The Hall–Kier alpha value is -2.70. The van der Waals surface area contributed by atoms with Crippen LogP contribution in [0.3, 0.4) is 0 Å². The van der Waals surface area contributed by atoms with Crippen LogP contribution >= 0.6 is 0 Å². The first-order chi connectivity index (χ1) is 11.5. The first-order valence-corrected chi connectivity index (χ1v) is 7.86. The summed E-state index contributed by atoms with van der Waals surface area (Å²) in [6.45, 7) is 2.39. The average molecular weight is 332 g/mol. The van der Waals surface area contributed by atoms with Crippen molar-refractivity contribution in [3.63, 3.8) is 0 Å². The Bertz CT molecular complexity index is 656. The summed E-state index contributed by atoms with van der Waals surface area (Å²) in [4.78, 5) is 35.7. The molecule has 1 heterocycles. The van der Waals surface area contributed by atoms with Crippen molar-refractivity contribution in [3.8, 4) is 0 Å². The molecule has 0 spiro atoms. The quantitative estimate of drug-likeness (QED) is 0.358. The van der Waals surface area contributed by atoms with Crippen LogP contribution in [0.2, 0.25) is 0 Å². The molecule has 1 aromatic carbocycles. The largest absolute Gasteiger partial charge is 0.452 e. The summed E-state index contributed by atoms with van der Waals surface area (Å²) in [6.07, 6.45) is 5.62. The molecule has 0 radical (unpaired) electrons. The van der Waals surface area contributed by atoms with Gasteiger partial charge in [0.15, 0.2) is 6.61 Å². The number of benzene rings is 1. The number of non-ortho nitro benzene ring substituents is 1. The van der Waals surface area contributed by atoms with E-state index in [-0.39, 0.29) is 24.2 Å². The van der Waals surface area contributed by atoms with E-state index in [1.165, 1.54) is 24.3 Å². The summed E-state index contributed by atoms with van der Waals surface area (Å²) in [7, 11) is 0. The van der Waals surface area contributed by atoms with Gasteiger partial charge in [0.1, 0.15) is 0 Å². The molecule has 1 amide bonds. The van der Waals surface area contributed by atoms with Crippen molar-refractivity contribution >= 4 is 23.6 Å². The van der Waals surface area contributed by atoms with Gasteiger partial charge >= 0.3 is 5.97 Å². The van der Waals surface area contributed by atoms with Crippen LogP contribution in [0.5, 0.6) is 0 Å². The molecule has 2 rings (SSSR count). The van der Waals surface area contributed by atoms with Crippen molar-refractivity contribution in [3.05, 3.63) is 46.0 Å². The van der Waals surface area contributed by atoms with E-state index < -0.39 is 10.9 Å². The van der Waals surface area contributed by atoms with Crippen molar-refractivity contribution in [1.82, 2.24) is 4.90 Å². The zero-order chi connectivity index (χ0) is 17.5. The number of esters is 1. The van der Waals surface area contributed by atoms with Gasteiger partial charge in [0.05, 0.1) is 4.92 Å². The second kappa shape index (κ2) is 8.24. The van der Waals surface area contributed by atoms with Gasteiger partial charge in [-0.2, -0.15) is 0 Å². The van der Waals surface area contributed by atoms with E-state index in [0.29, 0.717) is 12.1 Å². The Kier molecular flexibility index (Phi) is 6.06. The summed E-state index contributed by atoms with van der Waals surface area (Å²) < 4.78 is 4.95. The van der Waals surface area contributed by atoms with Gasteiger partial charge in [-0.05, 0) is 37.8 Å². The number of piperidine rings is 1. The Labute approximate surface area is 140 Å². The second-order valence-corrected chi connectivity index (χ2v) is 5.73. The number of ether oxygens (including phenoxy) is 1. The van der Waals surface area contributed by atoms with Crippen molar-refractivity contribution in [2.24, 2.45) is 0 Å². The monoisotopic (exact) mass is 332 g/mol. The minimum atomic E-state index is -0.653. The van der Waals surface area contributed by atoms with Crippen LogP contribution in [-0.4, -0.2) is 40.9 Å². The highest BCUT2D eigenvalue weighted by molar-refractivity contribution is 5.89. The van der Waals surface area contributed by atoms with E-state index in [4.69, 9.17) is 4.74 Å². The molecule has 0 N–H and O–H groups in total. The third-order valence-electron chi connectivity index (χ3n) is 3.95. The van der Waals surface area contributed by atoms with Crippen LogP contribution in [-0.2, 0) is 14.3 Å². The van der Waals surface area contributed by atoms with Crippen LogP contribution in [0.25, 0.3) is 6.08 Å². The van der Waals surface area contributed by atoms with Gasteiger partial charge in [-0.1, -0.05) is 12.1 Å². The minimum Gasteiger partial charge on any atom is -0.452 e. The van der Waals surface area contributed by atoms with Gasteiger partial charge in [-0.3, -0.25) is 14.9 Å². The van der Waals surface area contributed by atoms with Gasteiger partial charge in [0.25, 0.3) is 11.6 Å². The number of nitro benzene ring substituents is 1. The predicted molar refractivity (Wildman–Crippen MR) is 88.1 cm³/mol. The molecule has 1 atom stereocenters. The second-order valence-electron chi connectivity index (χ2n) is 5.73. The highest BCUT2D eigenvalue weighted by Crippen LogP contribution is 2.16. The Morgan fingerprint density at radius 1 is 1.42 bits per heavy atom. The van der Waals surface area contributed by atoms with Gasteiger partial charge in [-0.15, -0.1) is 0 Å². The lowest BCUT2D eigenvalue weighted by Gasteiger charge is -2.33. The molecule has 0 bridgehead atoms. The number of amides is 1. The van der Waals surface area contributed by atoms with Crippen LogP contribution in [0, 0.1) is 10.1 Å². The van der Waals surface area contributed by atoms with E-state index in [2.05, 4.69) is 0 Å². The first-order valence-electron chi connectivity index (χ1n) is 7.86. The molecule has 1 saturated heterocycles. The number of rotatable bonds is 5. The maximum absolute atomic E-state index is 12.1. The number of carbonyl (C=O) groups is 2. The maximum atomic E-state index is 12.1. The molecular formula is C17H20N2O5. The van der Waals surface area contributed by atoms with E-state index in [0.717, 1.165) is 25.3 Å². The molecule has 24 heavy (non-hydrogen) atoms. The normalized spacial score (nSPS) is 17.7. The summed E-state index contributed by atoms with van der Waals surface area (Å²) in [5, 5.41) is 10.7. The third kappa shape index (κ3) is 4.91. The number of hydrogen-bond acceptors (Lipinski definition) is 5. The van der Waals surface area contributed by atoms with Crippen molar-refractivity contribution in [2.45, 2.75) is 32.2 Å². The van der Waals surface area contributed by atoms with Crippen LogP contribution in [0.4, 0.5) is 5.69 Å². The molecular weight excluding hydrogens is 312 g/mol. The van der Waals surface area contributed by atoms with E-state index in [9.17, 15) is 19.7 Å². The van der Waals surface area contributed by atoms with Crippen LogP contribution in [0.15, 0.2) is 30.3 Å². The van der Waals surface area contributed by atoms with E-state index in [1.807, 2.05) is 6.92 Å². The van der Waals surface area contributed by atoms with Crippen molar-refractivity contribution in [1.29, 1.82) is 0 Å². The van der Waals surface area contributed by atoms with Crippen molar-refractivity contribution < 1.29 is 19.2 Å². The summed E-state index contributed by atoms with van der Waals surface area (Å²) >= 11 is 0. The van der Waals surface area contributed by atoms with Gasteiger partial charge in [0, 0.05) is 30.8 Å². The Morgan fingerprint density at radius 3 is 2.92 bits per heavy atom. The lowest BCUT2D eigenvalue weighted by Crippen LogP contribution is -2.44. The molecule has 0 unspecified atom stereocenters. The smallest absolute Gasteiger partial charge is 0.331 e. The third-order valence-corrected chi connectivity index (χ3v) is 3.95. The zero-order valence-electron chi connectivity index (χ0n) is 13.5. The number of nitrogens with zero attached hydrogens (tertiary/aromatic N) is 2. The number of carbonyl (C=O) groups excluding carboxylic acids is 2. The summed E-state index contributed by atoms with van der Waals surface area (Å²) in [5.41, 5.74) is 0.455. The summed E-state index contributed by atoms with van der Waals surface area (Å²) in [6, 6.07) is 6.06. The highest BCUT2D eigenvalue weighted by Gasteiger charge is 2.23. The summed E-state index contributed by atoms with van der Waals surface area (Å²) in [5.74, 6) is -0.848. The number of likely N-dealkylation sites (tertiary alicyclic amines) is 1. The molecule has 1 aromatic rings. The molecule has 128 valence electrons. The van der Waals surface area contributed by atoms with E-state index in [1.54, 1.807) is 11.0 Å². The van der Waals surface area contributed by atoms with Gasteiger partial charge in [-0.25, -0.2) is 4.79 Å². The fourth-order valence-electron chi connectivity index (χ4n) is 2.64. The molecule has 1 aliphatic heterocycles. The molecule has 1 aliphatic rings. The fourth-order valence-corrected chi connectivity index (χ4v) is 2.64. The molecule has 0 aromatic heterocycles. The number of hydrogen-bond donors (Lipinski definition) is 0. The van der Waals surface area contributed by atoms with Gasteiger partial charge < -0.3 is 9.64 Å². The van der Waals surface area contributed by atoms with E-state index >= 15 is 0 Å². The first kappa shape index (κ1) is 17.7. The van der Waals surface area contributed by atoms with Gasteiger partial charge in [0.2, 0.25) is 0 Å². The highest BCUT2D eigenvalue weighted by atomic mass is 16.6. The number of nitro groups is 1. The van der Waals surface area contributed by atoms with Crippen LogP contribution in [0.1, 0.15) is 31.7 Å². The standard InChI is InChI=1S/C17H20N2O5/c1-13-5-2-3-10-18(13)16(20)12-24-17(21)9-8-14-6-4-7-15(11-14)19(22)23/h4,6-9,11,13H,2-3,5,10,12H2,1H3/b9-8+/t13-/m0/s1. The zero-order valence-corrected chi connectivity index (χ0v) is 13.5. The predicted octanol–water partition coefficient (Wildman–Crippen LogP) is 2.55. The maximum Gasteiger partial charge on any atom is 0.331 e. The lowest BCUT2D eigenvalue weighted by atomic mass is 10.0. The Morgan fingerprint density at radius 2 is 2.21 bits per heavy atom. The van der Waals surface area contributed by atoms with Crippen LogP contribution < -0.4 is 0 Å². The topological polar surface area (TPSA) is 89.8 Å². The molecule has 7 heteroatoms. The average Bonchev–Trinajstić information content (AvgIpc) is 2.58. The molecule has 0 saturated carbocycles. The SMILES string of the molecule is C[C@H]1CCCCN1C(=O)COC(=O)/C=C/c1cccc([N+](=O)[O-])c1. The minimum absolute atomic E-state index is 0.0558.